The molecule has 10 nitrogen and oxygen atoms in total. The topological polar surface area (TPSA) is 116 Å². The summed E-state index contributed by atoms with van der Waals surface area (Å²) in [7, 11) is 0.172. The molecule has 38 heavy (non-hydrogen) atoms. The molecular weight excluding hydrogens is 578 g/mol. The van der Waals surface area contributed by atoms with Crippen molar-refractivity contribution in [3.63, 3.8) is 0 Å². The van der Waals surface area contributed by atoms with E-state index in [9.17, 15) is 13.2 Å². The van der Waals surface area contributed by atoms with E-state index in [4.69, 9.17) is 18.9 Å². The van der Waals surface area contributed by atoms with Gasteiger partial charge in [-0.2, -0.15) is 5.10 Å². The van der Waals surface area contributed by atoms with Gasteiger partial charge < -0.3 is 18.9 Å². The third kappa shape index (κ3) is 6.95. The number of carbonyl (C=O) groups excluding carboxylic acids is 1. The highest BCUT2D eigenvalue weighted by Crippen LogP contribution is 2.32. The van der Waals surface area contributed by atoms with Gasteiger partial charge in [-0.3, -0.25) is 9.10 Å². The van der Waals surface area contributed by atoms with E-state index in [1.807, 2.05) is 13.0 Å². The highest BCUT2D eigenvalue weighted by molar-refractivity contribution is 9.10. The van der Waals surface area contributed by atoms with Gasteiger partial charge in [0, 0.05) is 16.1 Å². The first-order valence-electron chi connectivity index (χ1n) is 11.4. The Labute approximate surface area is 230 Å². The van der Waals surface area contributed by atoms with E-state index in [1.165, 1.54) is 45.7 Å². The van der Waals surface area contributed by atoms with Crippen LogP contribution < -0.4 is 28.7 Å². The summed E-state index contributed by atoms with van der Waals surface area (Å²) in [5.41, 5.74) is 3.26. The van der Waals surface area contributed by atoms with Crippen molar-refractivity contribution in [3.8, 4) is 23.0 Å². The Kier molecular flexibility index (Phi) is 9.97. The molecule has 0 unspecified atom stereocenters. The smallest absolute Gasteiger partial charge is 0.264 e. The number of nitrogens with zero attached hydrogens (tertiary/aromatic N) is 2. The molecule has 0 fully saturated rings. The van der Waals surface area contributed by atoms with Crippen molar-refractivity contribution in [1.82, 2.24) is 5.43 Å². The van der Waals surface area contributed by atoms with Crippen LogP contribution in [0.1, 0.15) is 12.5 Å². The Balaban J connectivity index is 1.92. The Bertz CT molecular complexity index is 1400. The number of methoxy groups -OCH3 is 3. The van der Waals surface area contributed by atoms with Gasteiger partial charge in [-0.05, 0) is 61.5 Å². The van der Waals surface area contributed by atoms with Crippen LogP contribution >= 0.6 is 15.9 Å². The van der Waals surface area contributed by atoms with Crippen molar-refractivity contribution in [2.75, 3.05) is 38.8 Å². The Morgan fingerprint density at radius 1 is 0.947 bits per heavy atom. The van der Waals surface area contributed by atoms with Gasteiger partial charge >= 0.3 is 0 Å². The maximum atomic E-state index is 13.7. The zero-order valence-electron chi connectivity index (χ0n) is 21.3. The number of rotatable bonds is 12. The van der Waals surface area contributed by atoms with Crippen LogP contribution in [0.25, 0.3) is 0 Å². The van der Waals surface area contributed by atoms with Crippen molar-refractivity contribution >= 4 is 43.8 Å². The summed E-state index contributed by atoms with van der Waals surface area (Å²) < 4.78 is 50.5. The van der Waals surface area contributed by atoms with Crippen molar-refractivity contribution in [1.29, 1.82) is 0 Å². The zero-order valence-corrected chi connectivity index (χ0v) is 23.7. The van der Waals surface area contributed by atoms with Gasteiger partial charge in [0.25, 0.3) is 15.9 Å². The van der Waals surface area contributed by atoms with Crippen LogP contribution in [0.4, 0.5) is 5.69 Å². The lowest BCUT2D eigenvalue weighted by Crippen LogP contribution is -2.39. The number of ether oxygens (including phenoxy) is 4. The van der Waals surface area contributed by atoms with Gasteiger partial charge in [0.15, 0.2) is 11.5 Å². The van der Waals surface area contributed by atoms with Crippen LogP contribution in [-0.4, -0.2) is 55.0 Å². The van der Waals surface area contributed by atoms with Crippen molar-refractivity contribution in [3.05, 3.63) is 70.7 Å². The lowest BCUT2D eigenvalue weighted by atomic mass is 10.2. The molecule has 1 amide bonds. The molecule has 3 aromatic rings. The molecule has 0 saturated carbocycles. The molecule has 0 aliphatic carbocycles. The number of nitrogens with one attached hydrogen (secondary N) is 1. The van der Waals surface area contributed by atoms with E-state index in [2.05, 4.69) is 26.5 Å². The van der Waals surface area contributed by atoms with Gasteiger partial charge in [0.1, 0.15) is 18.0 Å². The predicted octanol–water partition coefficient (Wildman–Crippen LogP) is 4.22. The number of anilines is 1. The number of hydrogen-bond donors (Lipinski definition) is 1. The molecule has 0 heterocycles. The van der Waals surface area contributed by atoms with Crippen molar-refractivity contribution < 1.29 is 32.2 Å². The Hall–Kier alpha value is -3.77. The van der Waals surface area contributed by atoms with Crippen molar-refractivity contribution in [2.24, 2.45) is 5.10 Å². The first kappa shape index (κ1) is 28.8. The molecule has 0 aliphatic heterocycles. The second-order valence-electron chi connectivity index (χ2n) is 7.63. The highest BCUT2D eigenvalue weighted by atomic mass is 79.9. The average molecular weight is 606 g/mol. The number of halogens is 1. The van der Waals surface area contributed by atoms with Gasteiger partial charge in [-0.15, -0.1) is 0 Å². The zero-order chi connectivity index (χ0) is 27.7. The minimum atomic E-state index is -4.21. The fraction of sp³-hybridized carbons (Fsp3) is 0.231. The molecule has 12 heteroatoms. The van der Waals surface area contributed by atoms with E-state index >= 15 is 0 Å². The first-order valence-corrected chi connectivity index (χ1v) is 13.6. The quantitative estimate of drug-likeness (QED) is 0.243. The first-order chi connectivity index (χ1) is 18.2. The third-order valence-corrected chi connectivity index (χ3v) is 7.51. The maximum absolute atomic E-state index is 13.7. The molecule has 3 rings (SSSR count). The molecule has 0 bridgehead atoms. The summed E-state index contributed by atoms with van der Waals surface area (Å²) in [6.45, 7) is 1.75. The van der Waals surface area contributed by atoms with Crippen LogP contribution in [0.3, 0.4) is 0 Å². The number of amides is 1. The van der Waals surface area contributed by atoms with Crippen molar-refractivity contribution in [2.45, 2.75) is 11.8 Å². The predicted molar refractivity (Wildman–Crippen MR) is 148 cm³/mol. The fourth-order valence-corrected chi connectivity index (χ4v) is 5.26. The normalized spacial score (nSPS) is 11.2. The summed E-state index contributed by atoms with van der Waals surface area (Å²) >= 11 is 3.38. The fourth-order valence-electron chi connectivity index (χ4n) is 3.44. The monoisotopic (exact) mass is 605 g/mol. The molecule has 0 atom stereocenters. The lowest BCUT2D eigenvalue weighted by molar-refractivity contribution is -0.119. The highest BCUT2D eigenvalue weighted by Gasteiger charge is 2.28. The number of hydrazone groups is 1. The molecule has 0 saturated heterocycles. The van der Waals surface area contributed by atoms with Crippen LogP contribution in [0.5, 0.6) is 23.0 Å². The van der Waals surface area contributed by atoms with Gasteiger partial charge in [0.05, 0.1) is 44.7 Å². The molecule has 1 N–H and O–H groups in total. The van der Waals surface area contributed by atoms with E-state index in [1.54, 1.807) is 36.4 Å². The van der Waals surface area contributed by atoms with Crippen LogP contribution in [0, 0.1) is 0 Å². The largest absolute Gasteiger partial charge is 0.496 e. The Morgan fingerprint density at radius 3 is 2.24 bits per heavy atom. The van der Waals surface area contributed by atoms with Gasteiger partial charge in [-0.25, -0.2) is 13.8 Å². The number of benzene rings is 3. The molecule has 202 valence electrons. The van der Waals surface area contributed by atoms with E-state index in [-0.39, 0.29) is 16.3 Å². The standard InChI is InChI=1S/C26H28BrN3O7S/c1-5-37-21-9-7-20(8-10-21)30(38(32,33)22-11-13-24(35-3)25(15-22)36-4)17-26(31)29-28-16-18-14-19(27)6-12-23(18)34-2/h6-16H,5,17H2,1-4H3,(H,29,31)/b28-16-. The lowest BCUT2D eigenvalue weighted by Gasteiger charge is -2.24. The summed E-state index contributed by atoms with van der Waals surface area (Å²) in [5, 5.41) is 3.98. The van der Waals surface area contributed by atoms with E-state index < -0.39 is 22.5 Å². The molecule has 0 aliphatic rings. The Morgan fingerprint density at radius 2 is 1.61 bits per heavy atom. The number of sulfonamides is 1. The van der Waals surface area contributed by atoms with Gasteiger partial charge in [0.2, 0.25) is 0 Å². The second kappa shape index (κ2) is 13.2. The molecule has 0 spiro atoms. The summed E-state index contributed by atoms with van der Waals surface area (Å²) in [6, 6.07) is 15.9. The molecule has 0 aromatic heterocycles. The molecule has 3 aromatic carbocycles. The van der Waals surface area contributed by atoms with Crippen LogP contribution in [0.2, 0.25) is 0 Å². The maximum Gasteiger partial charge on any atom is 0.264 e. The third-order valence-electron chi connectivity index (χ3n) is 5.25. The minimum Gasteiger partial charge on any atom is -0.496 e. The van der Waals surface area contributed by atoms with Gasteiger partial charge in [-0.1, -0.05) is 15.9 Å². The second-order valence-corrected chi connectivity index (χ2v) is 10.4. The van der Waals surface area contributed by atoms with Crippen LogP contribution in [0.15, 0.2) is 75.1 Å². The number of hydrogen-bond acceptors (Lipinski definition) is 8. The van der Waals surface area contributed by atoms with Crippen LogP contribution in [-0.2, 0) is 14.8 Å². The van der Waals surface area contributed by atoms with E-state index in [0.717, 1.165) is 8.78 Å². The summed E-state index contributed by atoms with van der Waals surface area (Å²) in [4.78, 5) is 12.8. The number of carbonyl (C=O) groups is 1. The summed E-state index contributed by atoms with van der Waals surface area (Å²) in [6.07, 6.45) is 1.41. The summed E-state index contributed by atoms with van der Waals surface area (Å²) in [5.74, 6) is 1.06. The van der Waals surface area contributed by atoms with E-state index in [0.29, 0.717) is 29.4 Å². The minimum absolute atomic E-state index is 0.0841. The molecule has 0 radical (unpaired) electrons. The SMILES string of the molecule is CCOc1ccc(N(CC(=O)N/N=C\c2cc(Br)ccc2OC)S(=O)(=O)c2ccc(OC)c(OC)c2)cc1. The average Bonchev–Trinajstić information content (AvgIpc) is 2.92. The molecular formula is C26H28BrN3O7S.